The number of hydrogen-bond acceptors (Lipinski definition) is 3. The standard InChI is InChI=1S/C9H6ClNO2S/c1-5-3-2-4-6-7(10)9(11(12)13)14-8(5)6/h2-4H,1H3. The van der Waals surface area contributed by atoms with E-state index in [2.05, 4.69) is 0 Å². The van der Waals surface area contributed by atoms with Crippen molar-refractivity contribution in [3.05, 3.63) is 38.9 Å². The van der Waals surface area contributed by atoms with Crippen LogP contribution < -0.4 is 0 Å². The lowest BCUT2D eigenvalue weighted by atomic mass is 10.2. The monoisotopic (exact) mass is 227 g/mol. The molecule has 0 atom stereocenters. The Bertz CT molecular complexity index is 521. The molecule has 0 radical (unpaired) electrons. The molecule has 0 aliphatic rings. The van der Waals surface area contributed by atoms with E-state index in [-0.39, 0.29) is 10.0 Å². The normalized spacial score (nSPS) is 10.7. The second-order valence-corrected chi connectivity index (χ2v) is 4.31. The number of nitro groups is 1. The first-order chi connectivity index (χ1) is 6.61. The Labute approximate surface area is 89.1 Å². The van der Waals surface area contributed by atoms with Gasteiger partial charge in [0.25, 0.3) is 0 Å². The van der Waals surface area contributed by atoms with Gasteiger partial charge < -0.3 is 0 Å². The molecule has 1 aromatic carbocycles. The van der Waals surface area contributed by atoms with Gasteiger partial charge in [0.1, 0.15) is 5.02 Å². The van der Waals surface area contributed by atoms with Crippen molar-refractivity contribution in [3.63, 3.8) is 0 Å². The Hall–Kier alpha value is -1.13. The second kappa shape index (κ2) is 3.22. The Balaban J connectivity index is 2.86. The van der Waals surface area contributed by atoms with Crippen LogP contribution in [0.15, 0.2) is 18.2 Å². The summed E-state index contributed by atoms with van der Waals surface area (Å²) >= 11 is 7.02. The van der Waals surface area contributed by atoms with Crippen molar-refractivity contribution in [1.82, 2.24) is 0 Å². The van der Waals surface area contributed by atoms with Gasteiger partial charge in [0.2, 0.25) is 0 Å². The lowest BCUT2D eigenvalue weighted by Gasteiger charge is -1.92. The summed E-state index contributed by atoms with van der Waals surface area (Å²) in [5.74, 6) is 0. The third-order valence-corrected chi connectivity index (χ3v) is 3.79. The van der Waals surface area contributed by atoms with Crippen LogP contribution in [0.2, 0.25) is 5.02 Å². The average Bonchev–Trinajstić information content (AvgIpc) is 2.46. The number of benzene rings is 1. The Morgan fingerprint density at radius 2 is 2.21 bits per heavy atom. The minimum Gasteiger partial charge on any atom is -0.257 e. The third-order valence-electron chi connectivity index (χ3n) is 2.00. The number of rotatable bonds is 1. The number of thiophene rings is 1. The molecule has 3 nitrogen and oxygen atoms in total. The van der Waals surface area contributed by atoms with Crippen LogP contribution in [-0.4, -0.2) is 4.92 Å². The highest BCUT2D eigenvalue weighted by atomic mass is 35.5. The smallest absolute Gasteiger partial charge is 0.257 e. The third kappa shape index (κ3) is 1.27. The fourth-order valence-corrected chi connectivity index (χ4v) is 2.71. The first-order valence-corrected chi connectivity index (χ1v) is 5.12. The fourth-order valence-electron chi connectivity index (χ4n) is 1.33. The van der Waals surface area contributed by atoms with Crippen molar-refractivity contribution < 1.29 is 4.92 Å². The van der Waals surface area contributed by atoms with E-state index < -0.39 is 4.92 Å². The van der Waals surface area contributed by atoms with E-state index in [1.807, 2.05) is 19.1 Å². The molecule has 0 amide bonds. The zero-order valence-corrected chi connectivity index (χ0v) is 8.85. The molecular formula is C9H6ClNO2S. The lowest BCUT2D eigenvalue weighted by molar-refractivity contribution is -0.379. The van der Waals surface area contributed by atoms with E-state index >= 15 is 0 Å². The van der Waals surface area contributed by atoms with Crippen molar-refractivity contribution in [2.75, 3.05) is 0 Å². The second-order valence-electron chi connectivity index (χ2n) is 2.93. The molecule has 0 bridgehead atoms. The van der Waals surface area contributed by atoms with E-state index in [0.717, 1.165) is 27.0 Å². The van der Waals surface area contributed by atoms with Gasteiger partial charge in [-0.25, -0.2) is 0 Å². The van der Waals surface area contributed by atoms with Gasteiger partial charge in [0, 0.05) is 10.1 Å². The van der Waals surface area contributed by atoms with Crippen molar-refractivity contribution in [3.8, 4) is 0 Å². The predicted octanol–water partition coefficient (Wildman–Crippen LogP) is 3.77. The van der Waals surface area contributed by atoms with Crippen LogP contribution in [0, 0.1) is 17.0 Å². The van der Waals surface area contributed by atoms with Crippen LogP contribution >= 0.6 is 22.9 Å². The minimum absolute atomic E-state index is 0.0240. The summed E-state index contributed by atoms with van der Waals surface area (Å²) < 4.78 is 0.893. The minimum atomic E-state index is -0.438. The SMILES string of the molecule is Cc1cccc2c(Cl)c([N+](=O)[O-])sc12. The number of hydrogen-bond donors (Lipinski definition) is 0. The molecule has 0 N–H and O–H groups in total. The fraction of sp³-hybridized carbons (Fsp3) is 0.111. The van der Waals surface area contributed by atoms with Crippen molar-refractivity contribution in [2.24, 2.45) is 0 Å². The Morgan fingerprint density at radius 1 is 1.50 bits per heavy atom. The van der Waals surface area contributed by atoms with E-state index in [1.54, 1.807) is 6.07 Å². The highest BCUT2D eigenvalue weighted by Crippen LogP contribution is 2.41. The molecule has 1 aromatic heterocycles. The molecule has 5 heteroatoms. The molecular weight excluding hydrogens is 222 g/mol. The number of nitrogens with zero attached hydrogens (tertiary/aromatic N) is 1. The maximum absolute atomic E-state index is 10.6. The highest BCUT2D eigenvalue weighted by molar-refractivity contribution is 7.23. The first kappa shape index (κ1) is 9.43. The topological polar surface area (TPSA) is 43.1 Å². The van der Waals surface area contributed by atoms with Gasteiger partial charge in [-0.1, -0.05) is 41.1 Å². The summed E-state index contributed by atoms with van der Waals surface area (Å²) in [6.07, 6.45) is 0. The van der Waals surface area contributed by atoms with Gasteiger partial charge in [-0.3, -0.25) is 10.1 Å². The molecule has 2 aromatic rings. The molecule has 0 saturated carbocycles. The average molecular weight is 228 g/mol. The van der Waals surface area contributed by atoms with E-state index in [0.29, 0.717) is 0 Å². The summed E-state index contributed by atoms with van der Waals surface area (Å²) in [5, 5.41) is 11.7. The van der Waals surface area contributed by atoms with Gasteiger partial charge in [0.05, 0.1) is 4.92 Å². The predicted molar refractivity (Wildman–Crippen MR) is 58.2 cm³/mol. The maximum atomic E-state index is 10.6. The zero-order valence-electron chi connectivity index (χ0n) is 7.28. The molecule has 2 rings (SSSR count). The number of fused-ring (bicyclic) bond motifs is 1. The Morgan fingerprint density at radius 3 is 2.79 bits per heavy atom. The van der Waals surface area contributed by atoms with E-state index in [1.165, 1.54) is 0 Å². The van der Waals surface area contributed by atoms with Crippen molar-refractivity contribution >= 4 is 38.0 Å². The van der Waals surface area contributed by atoms with Crippen LogP contribution in [0.3, 0.4) is 0 Å². The molecule has 72 valence electrons. The summed E-state index contributed by atoms with van der Waals surface area (Å²) in [6.45, 7) is 1.92. The quantitative estimate of drug-likeness (QED) is 0.550. The van der Waals surface area contributed by atoms with Gasteiger partial charge in [0.15, 0.2) is 0 Å². The van der Waals surface area contributed by atoms with Gasteiger partial charge in [-0.15, -0.1) is 0 Å². The number of halogens is 1. The highest BCUT2D eigenvalue weighted by Gasteiger charge is 2.20. The van der Waals surface area contributed by atoms with Crippen LogP contribution in [0.1, 0.15) is 5.56 Å². The van der Waals surface area contributed by atoms with Gasteiger partial charge in [-0.05, 0) is 12.5 Å². The van der Waals surface area contributed by atoms with Crippen molar-refractivity contribution in [2.45, 2.75) is 6.92 Å². The molecule has 1 heterocycles. The zero-order chi connectivity index (χ0) is 10.3. The molecule has 0 fully saturated rings. The molecule has 0 aliphatic carbocycles. The van der Waals surface area contributed by atoms with Crippen LogP contribution in [0.4, 0.5) is 5.00 Å². The summed E-state index contributed by atoms with van der Waals surface area (Å²) in [5.41, 5.74) is 1.02. The van der Waals surface area contributed by atoms with Gasteiger partial charge >= 0.3 is 5.00 Å². The molecule has 0 unspecified atom stereocenters. The summed E-state index contributed by atoms with van der Waals surface area (Å²) in [6, 6.07) is 5.56. The van der Waals surface area contributed by atoms with Crippen molar-refractivity contribution in [1.29, 1.82) is 0 Å². The molecule has 0 aliphatic heterocycles. The first-order valence-electron chi connectivity index (χ1n) is 3.93. The largest absolute Gasteiger partial charge is 0.343 e. The maximum Gasteiger partial charge on any atom is 0.343 e. The lowest BCUT2D eigenvalue weighted by Crippen LogP contribution is -1.82. The Kier molecular flexibility index (Phi) is 2.17. The van der Waals surface area contributed by atoms with Gasteiger partial charge in [-0.2, -0.15) is 0 Å². The summed E-state index contributed by atoms with van der Waals surface area (Å²) in [4.78, 5) is 10.2. The van der Waals surface area contributed by atoms with Crippen LogP contribution in [0.25, 0.3) is 10.1 Å². The molecule has 0 saturated heterocycles. The number of aryl methyl sites for hydroxylation is 1. The van der Waals surface area contributed by atoms with Crippen LogP contribution in [0.5, 0.6) is 0 Å². The van der Waals surface area contributed by atoms with E-state index in [4.69, 9.17) is 11.6 Å². The molecule has 0 spiro atoms. The molecule has 14 heavy (non-hydrogen) atoms. The van der Waals surface area contributed by atoms with E-state index in [9.17, 15) is 10.1 Å². The summed E-state index contributed by atoms with van der Waals surface area (Å²) in [7, 11) is 0. The van der Waals surface area contributed by atoms with Crippen LogP contribution in [-0.2, 0) is 0 Å².